The summed E-state index contributed by atoms with van der Waals surface area (Å²) < 4.78 is 2.37. The van der Waals surface area contributed by atoms with E-state index in [1.54, 1.807) is 0 Å². The molecule has 3 heterocycles. The summed E-state index contributed by atoms with van der Waals surface area (Å²) in [6.45, 7) is 7.12. The zero-order valence-electron chi connectivity index (χ0n) is 12.0. The highest BCUT2D eigenvalue weighted by atomic mass is 15.2. The molecule has 2 aliphatic heterocycles. The first-order valence-electron chi connectivity index (χ1n) is 7.82. The molecule has 4 nitrogen and oxygen atoms in total. The molecule has 3 rings (SSSR count). The fourth-order valence-electron chi connectivity index (χ4n) is 3.46. The van der Waals surface area contributed by atoms with Crippen molar-refractivity contribution in [2.75, 3.05) is 19.6 Å². The molecule has 19 heavy (non-hydrogen) atoms. The Labute approximate surface area is 116 Å². The molecule has 106 valence electrons. The number of imidazole rings is 1. The van der Waals surface area contributed by atoms with Crippen LogP contribution < -0.4 is 5.32 Å². The summed E-state index contributed by atoms with van der Waals surface area (Å²) in [5.74, 6) is 0. The quantitative estimate of drug-likeness (QED) is 0.903. The van der Waals surface area contributed by atoms with Crippen molar-refractivity contribution in [2.45, 2.75) is 57.7 Å². The zero-order chi connectivity index (χ0) is 13.1. The Bertz CT molecular complexity index is 389. The van der Waals surface area contributed by atoms with Gasteiger partial charge in [0.2, 0.25) is 0 Å². The average Bonchev–Trinajstić information content (AvgIpc) is 3.11. The van der Waals surface area contributed by atoms with Crippen LogP contribution >= 0.6 is 0 Å². The molecule has 2 saturated heterocycles. The Morgan fingerprint density at radius 3 is 2.89 bits per heavy atom. The predicted molar refractivity (Wildman–Crippen MR) is 77.1 cm³/mol. The third-order valence-electron chi connectivity index (χ3n) is 4.64. The lowest BCUT2D eigenvalue weighted by Gasteiger charge is -2.28. The minimum Gasteiger partial charge on any atom is -0.332 e. The Hall–Kier alpha value is -0.870. The molecule has 0 aliphatic carbocycles. The fourth-order valence-corrected chi connectivity index (χ4v) is 3.46. The lowest BCUT2D eigenvalue weighted by atomic mass is 10.0. The Kier molecular flexibility index (Phi) is 4.18. The van der Waals surface area contributed by atoms with Gasteiger partial charge in [-0.3, -0.25) is 4.90 Å². The van der Waals surface area contributed by atoms with E-state index in [4.69, 9.17) is 0 Å². The number of nitrogens with zero attached hydrogens (tertiary/aromatic N) is 3. The van der Waals surface area contributed by atoms with Crippen LogP contribution in [0.15, 0.2) is 12.5 Å². The van der Waals surface area contributed by atoms with E-state index in [1.165, 1.54) is 50.9 Å². The monoisotopic (exact) mass is 262 g/mol. The number of rotatable bonds is 4. The summed E-state index contributed by atoms with van der Waals surface area (Å²) in [7, 11) is 0. The first kappa shape index (κ1) is 13.1. The second-order valence-electron chi connectivity index (χ2n) is 6.07. The van der Waals surface area contributed by atoms with Crippen molar-refractivity contribution in [1.82, 2.24) is 19.8 Å². The van der Waals surface area contributed by atoms with Crippen molar-refractivity contribution in [1.29, 1.82) is 0 Å². The van der Waals surface area contributed by atoms with E-state index in [0.29, 0.717) is 12.1 Å². The Morgan fingerprint density at radius 2 is 2.16 bits per heavy atom. The Balaban J connectivity index is 1.65. The summed E-state index contributed by atoms with van der Waals surface area (Å²) in [5, 5.41) is 3.63. The van der Waals surface area contributed by atoms with Crippen molar-refractivity contribution in [3.05, 3.63) is 18.2 Å². The molecule has 2 fully saturated rings. The number of hydrogen-bond acceptors (Lipinski definition) is 3. The van der Waals surface area contributed by atoms with Crippen molar-refractivity contribution < 1.29 is 0 Å². The predicted octanol–water partition coefficient (Wildman–Crippen LogP) is 2.18. The number of aromatic nitrogens is 2. The van der Waals surface area contributed by atoms with Crippen LogP contribution in [-0.2, 0) is 6.54 Å². The van der Waals surface area contributed by atoms with Gasteiger partial charge in [0.05, 0.1) is 12.0 Å². The highest BCUT2D eigenvalue weighted by molar-refractivity contribution is 5.06. The SMILES string of the molecule is CC(Cn1cncc1C1CCCCN1)N1CCCC1. The molecule has 0 bridgehead atoms. The van der Waals surface area contributed by atoms with Crippen LogP contribution in [0.3, 0.4) is 0 Å². The molecule has 1 aromatic rings. The van der Waals surface area contributed by atoms with E-state index >= 15 is 0 Å². The van der Waals surface area contributed by atoms with Gasteiger partial charge in [0.1, 0.15) is 0 Å². The van der Waals surface area contributed by atoms with Gasteiger partial charge in [-0.1, -0.05) is 6.42 Å². The van der Waals surface area contributed by atoms with Crippen LogP contribution in [-0.4, -0.2) is 40.1 Å². The first-order chi connectivity index (χ1) is 9.34. The summed E-state index contributed by atoms with van der Waals surface area (Å²) in [4.78, 5) is 6.99. The molecule has 0 amide bonds. The van der Waals surface area contributed by atoms with Crippen LogP contribution in [0, 0.1) is 0 Å². The summed E-state index contributed by atoms with van der Waals surface area (Å²) in [5.41, 5.74) is 1.38. The van der Waals surface area contributed by atoms with E-state index in [-0.39, 0.29) is 0 Å². The van der Waals surface area contributed by atoms with Crippen molar-refractivity contribution in [3.63, 3.8) is 0 Å². The van der Waals surface area contributed by atoms with Gasteiger partial charge < -0.3 is 9.88 Å². The van der Waals surface area contributed by atoms with Crippen LogP contribution in [0.4, 0.5) is 0 Å². The van der Waals surface area contributed by atoms with E-state index in [9.17, 15) is 0 Å². The van der Waals surface area contributed by atoms with Crippen LogP contribution in [0.2, 0.25) is 0 Å². The van der Waals surface area contributed by atoms with Crippen LogP contribution in [0.5, 0.6) is 0 Å². The van der Waals surface area contributed by atoms with Gasteiger partial charge in [0, 0.05) is 24.8 Å². The van der Waals surface area contributed by atoms with E-state index in [2.05, 4.69) is 32.9 Å². The molecule has 1 N–H and O–H groups in total. The standard InChI is InChI=1S/C15H26N4/c1-13(18-8-4-5-9-18)11-19-12-16-10-15(19)14-6-2-3-7-17-14/h10,12-14,17H,2-9,11H2,1H3. The van der Waals surface area contributed by atoms with Gasteiger partial charge in [-0.25, -0.2) is 4.98 Å². The molecule has 2 aliphatic rings. The molecule has 4 heteroatoms. The smallest absolute Gasteiger partial charge is 0.0949 e. The second kappa shape index (κ2) is 6.06. The highest BCUT2D eigenvalue weighted by Crippen LogP contribution is 2.23. The lowest BCUT2D eigenvalue weighted by Crippen LogP contribution is -2.35. The largest absolute Gasteiger partial charge is 0.332 e. The first-order valence-corrected chi connectivity index (χ1v) is 7.82. The molecule has 0 aromatic carbocycles. The molecule has 2 atom stereocenters. The number of piperidine rings is 1. The molecular formula is C15H26N4. The van der Waals surface area contributed by atoms with Crippen LogP contribution in [0.25, 0.3) is 0 Å². The van der Waals surface area contributed by atoms with E-state index in [1.807, 2.05) is 6.33 Å². The van der Waals surface area contributed by atoms with Gasteiger partial charge in [-0.05, 0) is 52.2 Å². The molecular weight excluding hydrogens is 236 g/mol. The Morgan fingerprint density at radius 1 is 1.32 bits per heavy atom. The van der Waals surface area contributed by atoms with Gasteiger partial charge >= 0.3 is 0 Å². The van der Waals surface area contributed by atoms with Crippen molar-refractivity contribution in [2.24, 2.45) is 0 Å². The topological polar surface area (TPSA) is 33.1 Å². The van der Waals surface area contributed by atoms with E-state index < -0.39 is 0 Å². The maximum absolute atomic E-state index is 4.38. The third-order valence-corrected chi connectivity index (χ3v) is 4.64. The van der Waals surface area contributed by atoms with Crippen molar-refractivity contribution in [3.8, 4) is 0 Å². The maximum atomic E-state index is 4.38. The number of nitrogens with one attached hydrogen (secondary N) is 1. The molecule has 0 spiro atoms. The highest BCUT2D eigenvalue weighted by Gasteiger charge is 2.22. The minimum atomic E-state index is 0.516. The number of hydrogen-bond donors (Lipinski definition) is 1. The van der Waals surface area contributed by atoms with Gasteiger partial charge in [-0.15, -0.1) is 0 Å². The average molecular weight is 262 g/mol. The van der Waals surface area contributed by atoms with Crippen molar-refractivity contribution >= 4 is 0 Å². The number of likely N-dealkylation sites (tertiary alicyclic amines) is 1. The molecule has 2 unspecified atom stereocenters. The minimum absolute atomic E-state index is 0.516. The van der Waals surface area contributed by atoms with Gasteiger partial charge in [-0.2, -0.15) is 0 Å². The summed E-state index contributed by atoms with van der Waals surface area (Å²) in [6.07, 6.45) is 10.7. The van der Waals surface area contributed by atoms with Crippen LogP contribution in [0.1, 0.15) is 50.8 Å². The normalized spacial score (nSPS) is 26.7. The third kappa shape index (κ3) is 3.00. The maximum Gasteiger partial charge on any atom is 0.0949 e. The molecule has 1 aromatic heterocycles. The second-order valence-corrected chi connectivity index (χ2v) is 6.07. The van der Waals surface area contributed by atoms with Gasteiger partial charge in [0.15, 0.2) is 0 Å². The fraction of sp³-hybridized carbons (Fsp3) is 0.800. The summed E-state index contributed by atoms with van der Waals surface area (Å²) >= 11 is 0. The van der Waals surface area contributed by atoms with Gasteiger partial charge in [0.25, 0.3) is 0 Å². The molecule has 0 saturated carbocycles. The molecule has 0 radical (unpaired) electrons. The summed E-state index contributed by atoms with van der Waals surface area (Å²) in [6, 6.07) is 1.14. The lowest BCUT2D eigenvalue weighted by molar-refractivity contribution is 0.232. The van der Waals surface area contributed by atoms with E-state index in [0.717, 1.165) is 13.1 Å². The zero-order valence-corrected chi connectivity index (χ0v) is 12.0.